The van der Waals surface area contributed by atoms with Crippen molar-refractivity contribution < 1.29 is 24.2 Å². The number of carbonyl (C=O) groups excluding carboxylic acids is 3. The Morgan fingerprint density at radius 1 is 1.32 bits per heavy atom. The van der Waals surface area contributed by atoms with Crippen molar-refractivity contribution in [2.24, 2.45) is 10.8 Å². The minimum atomic E-state index is -2.17. The van der Waals surface area contributed by atoms with E-state index in [2.05, 4.69) is 0 Å². The Kier molecular flexibility index (Phi) is 3.28. The molecule has 0 unspecified atom stereocenters. The number of esters is 1. The van der Waals surface area contributed by atoms with Crippen LogP contribution in [0.25, 0.3) is 0 Å². The monoisotopic (exact) mass is 364 g/mol. The van der Waals surface area contributed by atoms with Gasteiger partial charge in [-0.15, -0.1) is 11.6 Å². The van der Waals surface area contributed by atoms with E-state index in [1.165, 1.54) is 7.11 Å². The highest BCUT2D eigenvalue weighted by atomic mass is 35.5. The van der Waals surface area contributed by atoms with Gasteiger partial charge in [0.2, 0.25) is 0 Å². The fraction of sp³-hybridized carbons (Fsp3) is 0.632. The van der Waals surface area contributed by atoms with E-state index in [0.717, 1.165) is 31.3 Å². The van der Waals surface area contributed by atoms with Crippen molar-refractivity contribution in [2.45, 2.75) is 55.9 Å². The number of hydrogen-bond donors (Lipinski definition) is 1. The molecular formula is C19H21ClO5. The predicted molar refractivity (Wildman–Crippen MR) is 90.0 cm³/mol. The van der Waals surface area contributed by atoms with Gasteiger partial charge < -0.3 is 9.84 Å². The van der Waals surface area contributed by atoms with Gasteiger partial charge in [0.1, 0.15) is 5.41 Å². The highest BCUT2D eigenvalue weighted by molar-refractivity contribution is 6.44. The fourth-order valence-electron chi connectivity index (χ4n) is 5.53. The van der Waals surface area contributed by atoms with Gasteiger partial charge in [-0.2, -0.15) is 0 Å². The Morgan fingerprint density at radius 2 is 2.04 bits per heavy atom. The summed E-state index contributed by atoms with van der Waals surface area (Å²) in [6.45, 7) is 1.75. The number of carbonyl (C=O) groups is 3. The van der Waals surface area contributed by atoms with Crippen LogP contribution in [0.3, 0.4) is 0 Å². The first kappa shape index (κ1) is 17.0. The molecule has 0 aliphatic heterocycles. The standard InChI is InChI=1S/C19H21ClO5/c1-16-8-12(11-6-4-3-5-7-11)18(24)14(22)17(10-16,15(23)25-2)9-13(21)19(16,18)20/h6,8,24H,3-5,7,9-10H2,1-2H3/t16-,17+,18-,19-/m0/s1. The van der Waals surface area contributed by atoms with Crippen LogP contribution >= 0.6 is 11.6 Å². The molecule has 5 aliphatic rings. The van der Waals surface area contributed by atoms with E-state index in [-0.39, 0.29) is 12.8 Å². The molecule has 5 nitrogen and oxygen atoms in total. The molecule has 5 rings (SSSR count). The van der Waals surface area contributed by atoms with Gasteiger partial charge in [0.25, 0.3) is 0 Å². The highest BCUT2D eigenvalue weighted by Gasteiger charge is 2.84. The summed E-state index contributed by atoms with van der Waals surface area (Å²) in [5.74, 6) is -1.91. The molecule has 5 aliphatic carbocycles. The molecule has 3 fully saturated rings. The van der Waals surface area contributed by atoms with E-state index < -0.39 is 38.8 Å². The van der Waals surface area contributed by atoms with Crippen molar-refractivity contribution in [1.82, 2.24) is 0 Å². The van der Waals surface area contributed by atoms with Crippen molar-refractivity contribution in [3.05, 3.63) is 23.3 Å². The van der Waals surface area contributed by atoms with E-state index >= 15 is 0 Å². The number of methoxy groups -OCH3 is 1. The molecule has 0 aromatic rings. The number of halogens is 1. The number of hydrogen-bond acceptors (Lipinski definition) is 5. The zero-order valence-electron chi connectivity index (χ0n) is 14.4. The van der Waals surface area contributed by atoms with Crippen LogP contribution in [0.4, 0.5) is 0 Å². The Morgan fingerprint density at radius 3 is 2.64 bits per heavy atom. The molecule has 134 valence electrons. The zero-order valence-corrected chi connectivity index (χ0v) is 15.1. The molecule has 4 atom stereocenters. The summed E-state index contributed by atoms with van der Waals surface area (Å²) in [6, 6.07) is 0. The third-order valence-electron chi connectivity index (χ3n) is 6.63. The Labute approximate surface area is 151 Å². The number of ketones is 2. The minimum Gasteiger partial charge on any atom is -0.468 e. The number of ether oxygens (including phenoxy) is 1. The van der Waals surface area contributed by atoms with Crippen molar-refractivity contribution in [3.63, 3.8) is 0 Å². The van der Waals surface area contributed by atoms with Gasteiger partial charge in [-0.05, 0) is 43.3 Å². The fourth-order valence-corrected chi connectivity index (χ4v) is 5.90. The zero-order chi connectivity index (χ0) is 18.3. The number of allylic oxidation sites excluding steroid dienone is 2. The van der Waals surface area contributed by atoms with Crippen molar-refractivity contribution in [2.75, 3.05) is 7.11 Å². The molecule has 0 radical (unpaired) electrons. The molecule has 1 N–H and O–H groups in total. The average Bonchev–Trinajstić information content (AvgIpc) is 2.75. The van der Waals surface area contributed by atoms with Crippen LogP contribution in [-0.4, -0.2) is 40.2 Å². The minimum absolute atomic E-state index is 0.0832. The molecule has 0 saturated heterocycles. The van der Waals surface area contributed by atoms with Gasteiger partial charge in [-0.25, -0.2) is 0 Å². The molecular weight excluding hydrogens is 344 g/mol. The second-order valence-electron chi connectivity index (χ2n) is 8.00. The second kappa shape index (κ2) is 4.83. The Bertz CT molecular complexity index is 783. The maximum atomic E-state index is 13.4. The predicted octanol–water partition coefficient (Wildman–Crippen LogP) is 2.25. The summed E-state index contributed by atoms with van der Waals surface area (Å²) >= 11 is 6.76. The smallest absolute Gasteiger partial charge is 0.319 e. The lowest BCUT2D eigenvalue weighted by Crippen LogP contribution is -2.78. The summed E-state index contributed by atoms with van der Waals surface area (Å²) in [7, 11) is 1.19. The average molecular weight is 365 g/mol. The number of alkyl halides is 1. The first-order valence-electron chi connectivity index (χ1n) is 8.68. The van der Waals surface area contributed by atoms with E-state index in [1.54, 1.807) is 13.0 Å². The lowest BCUT2D eigenvalue weighted by molar-refractivity contribution is -0.188. The largest absolute Gasteiger partial charge is 0.468 e. The summed E-state index contributed by atoms with van der Waals surface area (Å²) in [5.41, 5.74) is -3.51. The van der Waals surface area contributed by atoms with Crippen LogP contribution in [0, 0.1) is 10.8 Å². The van der Waals surface area contributed by atoms with Crippen LogP contribution < -0.4 is 0 Å². The third-order valence-corrected chi connectivity index (χ3v) is 7.55. The molecule has 0 heterocycles. The van der Waals surface area contributed by atoms with Gasteiger partial charge in [0, 0.05) is 11.8 Å². The van der Waals surface area contributed by atoms with Crippen LogP contribution in [0.5, 0.6) is 0 Å². The lowest BCUT2D eigenvalue weighted by atomic mass is 9.46. The summed E-state index contributed by atoms with van der Waals surface area (Å²) in [5, 5.41) is 11.6. The molecule has 25 heavy (non-hydrogen) atoms. The first-order valence-corrected chi connectivity index (χ1v) is 9.06. The summed E-state index contributed by atoms with van der Waals surface area (Å²) in [6.07, 6.45) is 7.15. The van der Waals surface area contributed by atoms with Crippen molar-refractivity contribution in [1.29, 1.82) is 0 Å². The quantitative estimate of drug-likeness (QED) is 0.461. The SMILES string of the molecule is COC(=O)[C@@]12CC(=O)[C@@]3(Cl)[C@@](O)(C1=O)C(C1=CCCCC1)=C[C@@]3(C)C2. The van der Waals surface area contributed by atoms with Gasteiger partial charge in [0.05, 0.1) is 7.11 Å². The molecule has 0 aromatic heterocycles. The number of aliphatic hydroxyl groups is 1. The molecule has 0 aromatic carbocycles. The van der Waals surface area contributed by atoms with Crippen LogP contribution in [0.1, 0.15) is 45.4 Å². The Hall–Kier alpha value is -1.46. The molecule has 4 bridgehead atoms. The van der Waals surface area contributed by atoms with Gasteiger partial charge in [-0.3, -0.25) is 14.4 Å². The number of fused-ring (bicyclic) bond motifs is 1. The third kappa shape index (κ3) is 1.62. The number of Topliss-reactive ketones (excluding diaryl/α,β-unsaturated/α-hetero) is 2. The molecule has 6 heteroatoms. The first-order chi connectivity index (χ1) is 11.7. The second-order valence-corrected chi connectivity index (χ2v) is 8.57. The van der Waals surface area contributed by atoms with Gasteiger partial charge in [0.15, 0.2) is 22.0 Å². The normalized spacial score (nSPS) is 45.3. The maximum absolute atomic E-state index is 13.4. The van der Waals surface area contributed by atoms with E-state index in [0.29, 0.717) is 5.57 Å². The van der Waals surface area contributed by atoms with Crippen molar-refractivity contribution >= 4 is 29.1 Å². The van der Waals surface area contributed by atoms with Crippen LogP contribution in [0.2, 0.25) is 0 Å². The maximum Gasteiger partial charge on any atom is 0.319 e. The van der Waals surface area contributed by atoms with Gasteiger partial charge >= 0.3 is 5.97 Å². The summed E-state index contributed by atoms with van der Waals surface area (Å²) < 4.78 is 4.85. The van der Waals surface area contributed by atoms with Gasteiger partial charge in [-0.1, -0.05) is 19.1 Å². The molecule has 0 spiro atoms. The van der Waals surface area contributed by atoms with E-state index in [4.69, 9.17) is 16.3 Å². The lowest BCUT2D eigenvalue weighted by Gasteiger charge is -2.59. The summed E-state index contributed by atoms with van der Waals surface area (Å²) in [4.78, 5) is 37.1. The van der Waals surface area contributed by atoms with E-state index in [9.17, 15) is 19.5 Å². The van der Waals surface area contributed by atoms with Crippen LogP contribution in [0.15, 0.2) is 23.3 Å². The Balaban J connectivity index is 1.97. The number of rotatable bonds is 2. The topological polar surface area (TPSA) is 80.7 Å². The van der Waals surface area contributed by atoms with Crippen molar-refractivity contribution in [3.8, 4) is 0 Å². The molecule has 0 amide bonds. The van der Waals surface area contributed by atoms with Crippen LogP contribution in [-0.2, 0) is 19.1 Å². The van der Waals surface area contributed by atoms with E-state index in [1.807, 2.05) is 6.08 Å². The molecule has 3 saturated carbocycles. The highest BCUT2D eigenvalue weighted by Crippen LogP contribution is 2.71.